The van der Waals surface area contributed by atoms with Crippen molar-refractivity contribution in [3.05, 3.63) is 23.6 Å². The predicted molar refractivity (Wildman–Crippen MR) is 50.8 cm³/mol. The van der Waals surface area contributed by atoms with Gasteiger partial charge in [-0.2, -0.15) is 0 Å². The van der Waals surface area contributed by atoms with Crippen molar-refractivity contribution >= 4 is 5.91 Å². The molecule has 0 unspecified atom stereocenters. The van der Waals surface area contributed by atoms with Gasteiger partial charge in [0.2, 0.25) is 0 Å². The highest BCUT2D eigenvalue weighted by Gasteiger charge is 2.20. The van der Waals surface area contributed by atoms with E-state index in [1.54, 1.807) is 7.11 Å². The lowest BCUT2D eigenvalue weighted by Gasteiger charge is -2.14. The zero-order valence-electron chi connectivity index (χ0n) is 8.47. The van der Waals surface area contributed by atoms with Gasteiger partial charge >= 0.3 is 0 Å². The standard InChI is InChI=1S/C10H15NO2/c1-10(2,3)6-7-8(13-4)5-9(12)11-7/h5-6H,1-4H3,(H,11,12). The molecule has 1 aliphatic heterocycles. The van der Waals surface area contributed by atoms with Gasteiger partial charge in [0.1, 0.15) is 5.76 Å². The fraction of sp³-hybridized carbons (Fsp3) is 0.500. The van der Waals surface area contributed by atoms with E-state index < -0.39 is 0 Å². The first kappa shape index (κ1) is 9.84. The maximum absolute atomic E-state index is 11.0. The van der Waals surface area contributed by atoms with Gasteiger partial charge in [0.05, 0.1) is 12.8 Å². The number of amides is 1. The first-order valence-electron chi connectivity index (χ1n) is 4.22. The van der Waals surface area contributed by atoms with Crippen molar-refractivity contribution in [2.24, 2.45) is 5.41 Å². The second kappa shape index (κ2) is 3.24. The lowest BCUT2D eigenvalue weighted by molar-refractivity contribution is -0.115. The van der Waals surface area contributed by atoms with Gasteiger partial charge in [-0.05, 0) is 5.41 Å². The Balaban J connectivity index is 2.90. The molecule has 0 aromatic rings. The van der Waals surface area contributed by atoms with Crippen molar-refractivity contribution in [2.75, 3.05) is 7.11 Å². The highest BCUT2D eigenvalue weighted by molar-refractivity contribution is 5.94. The van der Waals surface area contributed by atoms with E-state index in [0.29, 0.717) is 5.76 Å². The first-order chi connectivity index (χ1) is 5.92. The van der Waals surface area contributed by atoms with E-state index in [9.17, 15) is 4.79 Å². The molecular weight excluding hydrogens is 166 g/mol. The second-order valence-corrected chi connectivity index (χ2v) is 4.13. The molecule has 1 N–H and O–H groups in total. The molecule has 1 rings (SSSR count). The number of allylic oxidation sites excluding steroid dienone is 1. The minimum Gasteiger partial charge on any atom is -0.494 e. The van der Waals surface area contributed by atoms with Crippen LogP contribution >= 0.6 is 0 Å². The van der Waals surface area contributed by atoms with Crippen LogP contribution in [-0.4, -0.2) is 13.0 Å². The van der Waals surface area contributed by atoms with Gasteiger partial charge < -0.3 is 10.1 Å². The predicted octanol–water partition coefficient (Wildman–Crippen LogP) is 1.58. The Labute approximate surface area is 78.5 Å². The van der Waals surface area contributed by atoms with E-state index in [1.165, 1.54) is 6.08 Å². The van der Waals surface area contributed by atoms with E-state index in [4.69, 9.17) is 4.74 Å². The van der Waals surface area contributed by atoms with Crippen LogP contribution in [0, 0.1) is 5.41 Å². The lowest BCUT2D eigenvalue weighted by Crippen LogP contribution is -2.16. The molecule has 1 heterocycles. The van der Waals surface area contributed by atoms with E-state index in [1.807, 2.05) is 6.08 Å². The molecule has 0 aromatic carbocycles. The van der Waals surface area contributed by atoms with Crippen LogP contribution in [0.4, 0.5) is 0 Å². The zero-order valence-corrected chi connectivity index (χ0v) is 8.47. The number of carbonyl (C=O) groups excluding carboxylic acids is 1. The summed E-state index contributed by atoms with van der Waals surface area (Å²) in [4.78, 5) is 11.0. The molecule has 0 saturated heterocycles. The molecule has 0 saturated carbocycles. The summed E-state index contributed by atoms with van der Waals surface area (Å²) in [7, 11) is 1.56. The normalized spacial score (nSPS) is 20.2. The van der Waals surface area contributed by atoms with E-state index in [-0.39, 0.29) is 11.3 Å². The molecule has 1 aliphatic rings. The topological polar surface area (TPSA) is 38.3 Å². The third-order valence-electron chi connectivity index (χ3n) is 1.58. The van der Waals surface area contributed by atoms with Gasteiger partial charge in [-0.3, -0.25) is 4.79 Å². The summed E-state index contributed by atoms with van der Waals surface area (Å²) in [6, 6.07) is 0. The average molecular weight is 181 g/mol. The van der Waals surface area contributed by atoms with Gasteiger partial charge in [0.25, 0.3) is 5.91 Å². The first-order valence-corrected chi connectivity index (χ1v) is 4.22. The Morgan fingerprint density at radius 2 is 2.08 bits per heavy atom. The summed E-state index contributed by atoms with van der Waals surface area (Å²) in [6.45, 7) is 6.20. The third kappa shape index (κ3) is 2.61. The summed E-state index contributed by atoms with van der Waals surface area (Å²) < 4.78 is 5.05. The lowest BCUT2D eigenvalue weighted by atomic mass is 9.95. The van der Waals surface area contributed by atoms with Gasteiger partial charge in [0.15, 0.2) is 0 Å². The van der Waals surface area contributed by atoms with Crippen LogP contribution in [0.15, 0.2) is 23.6 Å². The maximum atomic E-state index is 11.0. The highest BCUT2D eigenvalue weighted by Crippen LogP contribution is 2.22. The molecule has 13 heavy (non-hydrogen) atoms. The monoisotopic (exact) mass is 181 g/mol. The van der Waals surface area contributed by atoms with Crippen molar-refractivity contribution in [2.45, 2.75) is 20.8 Å². The minimum absolute atomic E-state index is 0.0323. The van der Waals surface area contributed by atoms with Crippen molar-refractivity contribution in [3.8, 4) is 0 Å². The minimum atomic E-state index is -0.118. The highest BCUT2D eigenvalue weighted by atomic mass is 16.5. The molecular formula is C10H15NO2. The van der Waals surface area contributed by atoms with Crippen molar-refractivity contribution in [3.63, 3.8) is 0 Å². The smallest absolute Gasteiger partial charge is 0.252 e. The van der Waals surface area contributed by atoms with E-state index >= 15 is 0 Å². The average Bonchev–Trinajstić information content (AvgIpc) is 2.27. The molecule has 72 valence electrons. The summed E-state index contributed by atoms with van der Waals surface area (Å²) in [6.07, 6.45) is 3.44. The summed E-state index contributed by atoms with van der Waals surface area (Å²) in [5.41, 5.74) is 0.796. The van der Waals surface area contributed by atoms with Crippen LogP contribution in [0.25, 0.3) is 0 Å². The van der Waals surface area contributed by atoms with Crippen LogP contribution in [0.5, 0.6) is 0 Å². The van der Waals surface area contributed by atoms with Gasteiger partial charge in [0, 0.05) is 6.08 Å². The Morgan fingerprint density at radius 1 is 1.46 bits per heavy atom. The van der Waals surface area contributed by atoms with Gasteiger partial charge in [-0.25, -0.2) is 0 Å². The van der Waals surface area contributed by atoms with Gasteiger partial charge in [-0.15, -0.1) is 0 Å². The Hall–Kier alpha value is -1.25. The molecule has 0 fully saturated rings. The molecule has 0 radical (unpaired) electrons. The molecule has 1 amide bonds. The second-order valence-electron chi connectivity index (χ2n) is 4.13. The van der Waals surface area contributed by atoms with E-state index in [2.05, 4.69) is 26.1 Å². The number of nitrogens with one attached hydrogen (secondary N) is 1. The van der Waals surface area contributed by atoms with Crippen LogP contribution in [0.2, 0.25) is 0 Å². The van der Waals surface area contributed by atoms with Crippen molar-refractivity contribution in [1.29, 1.82) is 0 Å². The van der Waals surface area contributed by atoms with Crippen molar-refractivity contribution < 1.29 is 9.53 Å². The number of carbonyl (C=O) groups is 1. The van der Waals surface area contributed by atoms with Crippen LogP contribution in [0.3, 0.4) is 0 Å². The molecule has 0 atom stereocenters. The quantitative estimate of drug-likeness (QED) is 0.667. The van der Waals surface area contributed by atoms with Gasteiger partial charge in [-0.1, -0.05) is 26.8 Å². The molecule has 0 aromatic heterocycles. The SMILES string of the molecule is COC1=CC(=O)NC1=CC(C)(C)C. The number of ether oxygens (including phenoxy) is 1. The summed E-state index contributed by atoms with van der Waals surface area (Å²) >= 11 is 0. The fourth-order valence-electron chi connectivity index (χ4n) is 1.14. The number of rotatable bonds is 1. The Morgan fingerprint density at radius 3 is 2.54 bits per heavy atom. The Bertz CT molecular complexity index is 282. The Kier molecular flexibility index (Phi) is 2.45. The van der Waals surface area contributed by atoms with Crippen molar-refractivity contribution in [1.82, 2.24) is 5.32 Å². The van der Waals surface area contributed by atoms with Crippen LogP contribution in [-0.2, 0) is 9.53 Å². The number of hydrogen-bond donors (Lipinski definition) is 1. The fourth-order valence-corrected chi connectivity index (χ4v) is 1.14. The maximum Gasteiger partial charge on any atom is 0.252 e. The summed E-state index contributed by atoms with van der Waals surface area (Å²) in [5, 5.41) is 2.72. The van der Waals surface area contributed by atoms with Crippen LogP contribution in [0.1, 0.15) is 20.8 Å². The molecule has 3 heteroatoms. The molecule has 0 spiro atoms. The molecule has 0 bridgehead atoms. The molecule has 0 aliphatic carbocycles. The largest absolute Gasteiger partial charge is 0.494 e. The van der Waals surface area contributed by atoms with E-state index in [0.717, 1.165) is 5.70 Å². The zero-order chi connectivity index (χ0) is 10.1. The summed E-state index contributed by atoms with van der Waals surface area (Å²) in [5.74, 6) is 0.493. The van der Waals surface area contributed by atoms with Crippen LogP contribution < -0.4 is 5.32 Å². The number of hydrogen-bond acceptors (Lipinski definition) is 2. The third-order valence-corrected chi connectivity index (χ3v) is 1.58. The number of methoxy groups -OCH3 is 1. The molecule has 3 nitrogen and oxygen atoms in total.